The number of nitrogens with zero attached hydrogens (tertiary/aromatic N) is 2. The van der Waals surface area contributed by atoms with Gasteiger partial charge in [0.25, 0.3) is 0 Å². The summed E-state index contributed by atoms with van der Waals surface area (Å²) in [6, 6.07) is 11.7. The molecular weight excluding hydrogens is 398 g/mol. The highest BCUT2D eigenvalue weighted by Gasteiger charge is 2.20. The van der Waals surface area contributed by atoms with Gasteiger partial charge in [0.15, 0.2) is 11.5 Å². The average molecular weight is 417 g/mol. The standard InChI is InChI=1S/C19H19N3O6S/c1-2-25-14-5-3-13(4-6-14)19-21-18(28-22-19)12-20-29(23,24)15-7-8-16-17(11-15)27-10-9-26-16/h3-8,11,20H,2,9-10,12H2,1H3. The van der Waals surface area contributed by atoms with Crippen LogP contribution in [-0.2, 0) is 16.6 Å². The van der Waals surface area contributed by atoms with Gasteiger partial charge in [-0.2, -0.15) is 4.98 Å². The molecule has 1 N–H and O–H groups in total. The SMILES string of the molecule is CCOc1ccc(-c2noc(CNS(=O)(=O)c3ccc4c(c3)OCCO4)n2)cc1. The van der Waals surface area contributed by atoms with E-state index in [1.54, 1.807) is 30.3 Å². The Labute approximate surface area is 167 Å². The van der Waals surface area contributed by atoms with E-state index in [0.717, 1.165) is 11.3 Å². The molecule has 0 saturated heterocycles. The van der Waals surface area contributed by atoms with Crippen LogP contribution >= 0.6 is 0 Å². The van der Waals surface area contributed by atoms with Crippen molar-refractivity contribution in [3.8, 4) is 28.6 Å². The maximum absolute atomic E-state index is 12.6. The van der Waals surface area contributed by atoms with Gasteiger partial charge >= 0.3 is 0 Å². The number of sulfonamides is 1. The maximum Gasteiger partial charge on any atom is 0.242 e. The van der Waals surface area contributed by atoms with Gasteiger partial charge in [-0.1, -0.05) is 5.16 Å². The molecule has 10 heteroatoms. The van der Waals surface area contributed by atoms with Crippen molar-refractivity contribution in [2.75, 3.05) is 19.8 Å². The fourth-order valence-electron chi connectivity index (χ4n) is 2.74. The molecule has 0 unspecified atom stereocenters. The second-order valence-corrected chi connectivity index (χ2v) is 7.87. The number of hydrogen-bond acceptors (Lipinski definition) is 8. The molecule has 2 heterocycles. The normalized spacial score (nSPS) is 13.3. The van der Waals surface area contributed by atoms with Crippen molar-refractivity contribution in [3.63, 3.8) is 0 Å². The summed E-state index contributed by atoms with van der Waals surface area (Å²) in [6.45, 7) is 3.16. The third kappa shape index (κ3) is 4.33. The van der Waals surface area contributed by atoms with Gasteiger partial charge in [0, 0.05) is 11.6 Å². The van der Waals surface area contributed by atoms with E-state index < -0.39 is 10.0 Å². The van der Waals surface area contributed by atoms with Crippen molar-refractivity contribution in [1.82, 2.24) is 14.9 Å². The predicted molar refractivity (Wildman–Crippen MR) is 102 cm³/mol. The predicted octanol–water partition coefficient (Wildman–Crippen LogP) is 2.39. The number of benzene rings is 2. The third-order valence-electron chi connectivity index (χ3n) is 4.13. The Morgan fingerprint density at radius 3 is 2.59 bits per heavy atom. The van der Waals surface area contributed by atoms with Crippen molar-refractivity contribution in [3.05, 3.63) is 48.4 Å². The zero-order valence-electron chi connectivity index (χ0n) is 15.6. The van der Waals surface area contributed by atoms with Crippen LogP contribution in [0.25, 0.3) is 11.4 Å². The molecule has 9 nitrogen and oxygen atoms in total. The van der Waals surface area contributed by atoms with Crippen molar-refractivity contribution in [2.45, 2.75) is 18.4 Å². The van der Waals surface area contributed by atoms with Crippen LogP contribution < -0.4 is 18.9 Å². The Morgan fingerprint density at radius 1 is 1.07 bits per heavy atom. The number of rotatable bonds is 7. The van der Waals surface area contributed by atoms with Gasteiger partial charge in [0.2, 0.25) is 21.7 Å². The lowest BCUT2D eigenvalue weighted by molar-refractivity contribution is 0.171. The molecule has 0 radical (unpaired) electrons. The summed E-state index contributed by atoms with van der Waals surface area (Å²) in [6.07, 6.45) is 0. The van der Waals surface area contributed by atoms with Crippen LogP contribution in [0.4, 0.5) is 0 Å². The molecule has 0 bridgehead atoms. The second-order valence-electron chi connectivity index (χ2n) is 6.10. The summed E-state index contributed by atoms with van der Waals surface area (Å²) in [5.74, 6) is 2.17. The topological polar surface area (TPSA) is 113 Å². The smallest absolute Gasteiger partial charge is 0.242 e. The van der Waals surface area contributed by atoms with E-state index >= 15 is 0 Å². The highest BCUT2D eigenvalue weighted by atomic mass is 32.2. The van der Waals surface area contributed by atoms with Gasteiger partial charge in [-0.15, -0.1) is 0 Å². The van der Waals surface area contributed by atoms with Gasteiger partial charge < -0.3 is 18.7 Å². The lowest BCUT2D eigenvalue weighted by atomic mass is 10.2. The van der Waals surface area contributed by atoms with E-state index in [1.165, 1.54) is 12.1 Å². The minimum absolute atomic E-state index is 0.0630. The highest BCUT2D eigenvalue weighted by Crippen LogP contribution is 2.32. The van der Waals surface area contributed by atoms with Gasteiger partial charge in [-0.05, 0) is 43.3 Å². The molecule has 1 aliphatic heterocycles. The minimum Gasteiger partial charge on any atom is -0.494 e. The Morgan fingerprint density at radius 2 is 1.83 bits per heavy atom. The monoisotopic (exact) mass is 417 g/mol. The van der Waals surface area contributed by atoms with E-state index in [9.17, 15) is 8.42 Å². The van der Waals surface area contributed by atoms with Gasteiger partial charge in [0.1, 0.15) is 19.0 Å². The summed E-state index contributed by atoms with van der Waals surface area (Å²) in [7, 11) is -3.79. The molecule has 3 aromatic rings. The molecule has 0 fully saturated rings. The molecule has 0 spiro atoms. The van der Waals surface area contributed by atoms with Gasteiger partial charge in [0.05, 0.1) is 18.0 Å². The lowest BCUT2D eigenvalue weighted by Gasteiger charge is -2.18. The van der Waals surface area contributed by atoms with E-state index in [1.807, 2.05) is 6.92 Å². The molecule has 152 valence electrons. The van der Waals surface area contributed by atoms with Crippen molar-refractivity contribution >= 4 is 10.0 Å². The van der Waals surface area contributed by atoms with E-state index in [4.69, 9.17) is 18.7 Å². The van der Waals surface area contributed by atoms with E-state index in [2.05, 4.69) is 14.9 Å². The van der Waals surface area contributed by atoms with Crippen molar-refractivity contribution in [1.29, 1.82) is 0 Å². The lowest BCUT2D eigenvalue weighted by Crippen LogP contribution is -2.24. The Kier molecular flexibility index (Phi) is 5.36. The number of fused-ring (bicyclic) bond motifs is 1. The molecule has 29 heavy (non-hydrogen) atoms. The Bertz CT molecular complexity index is 1100. The fraction of sp³-hybridized carbons (Fsp3) is 0.263. The molecule has 1 aliphatic rings. The quantitative estimate of drug-likeness (QED) is 0.623. The van der Waals surface area contributed by atoms with Gasteiger partial charge in [-0.25, -0.2) is 13.1 Å². The summed E-state index contributed by atoms with van der Waals surface area (Å²) < 4.78 is 48.9. The molecule has 0 aliphatic carbocycles. The van der Waals surface area contributed by atoms with E-state index in [0.29, 0.717) is 37.1 Å². The van der Waals surface area contributed by atoms with E-state index in [-0.39, 0.29) is 17.3 Å². The Balaban J connectivity index is 1.44. The molecule has 4 rings (SSSR count). The van der Waals surface area contributed by atoms with Crippen LogP contribution in [0.5, 0.6) is 17.2 Å². The van der Waals surface area contributed by atoms with Crippen LogP contribution in [0.1, 0.15) is 12.8 Å². The first-order chi connectivity index (χ1) is 14.0. The Hall–Kier alpha value is -3.11. The summed E-state index contributed by atoms with van der Waals surface area (Å²) >= 11 is 0. The summed E-state index contributed by atoms with van der Waals surface area (Å²) in [5, 5.41) is 3.89. The maximum atomic E-state index is 12.6. The number of hydrogen-bond donors (Lipinski definition) is 1. The largest absolute Gasteiger partial charge is 0.494 e. The number of ether oxygens (including phenoxy) is 3. The molecule has 0 amide bonds. The molecular formula is C19H19N3O6S. The fourth-order valence-corrected chi connectivity index (χ4v) is 3.73. The van der Waals surface area contributed by atoms with Gasteiger partial charge in [-0.3, -0.25) is 0 Å². The van der Waals surface area contributed by atoms with Crippen molar-refractivity contribution in [2.24, 2.45) is 0 Å². The van der Waals surface area contributed by atoms with Crippen LogP contribution in [0.3, 0.4) is 0 Å². The number of nitrogens with one attached hydrogen (secondary N) is 1. The minimum atomic E-state index is -3.79. The highest BCUT2D eigenvalue weighted by molar-refractivity contribution is 7.89. The first-order valence-electron chi connectivity index (χ1n) is 9.00. The average Bonchev–Trinajstić information content (AvgIpc) is 3.22. The molecule has 1 aromatic heterocycles. The first kappa shape index (κ1) is 19.2. The number of aromatic nitrogens is 2. The third-order valence-corrected chi connectivity index (χ3v) is 5.53. The summed E-state index contributed by atoms with van der Waals surface area (Å²) in [5.41, 5.74) is 0.734. The zero-order valence-corrected chi connectivity index (χ0v) is 16.4. The second kappa shape index (κ2) is 8.10. The van der Waals surface area contributed by atoms with Crippen LogP contribution in [0, 0.1) is 0 Å². The van der Waals surface area contributed by atoms with Crippen LogP contribution in [-0.4, -0.2) is 38.4 Å². The molecule has 0 atom stereocenters. The zero-order chi connectivity index (χ0) is 20.3. The van der Waals surface area contributed by atoms with Crippen LogP contribution in [0.15, 0.2) is 51.9 Å². The van der Waals surface area contributed by atoms with Crippen molar-refractivity contribution < 1.29 is 27.2 Å². The summed E-state index contributed by atoms with van der Waals surface area (Å²) in [4.78, 5) is 4.30. The molecule has 2 aromatic carbocycles. The van der Waals surface area contributed by atoms with Crippen LogP contribution in [0.2, 0.25) is 0 Å². The molecule has 0 saturated carbocycles. The first-order valence-corrected chi connectivity index (χ1v) is 10.5.